The molecule has 2 bridgehead atoms. The van der Waals surface area contributed by atoms with Crippen LogP contribution in [0.5, 0.6) is 5.75 Å². The lowest BCUT2D eigenvalue weighted by atomic mass is 9.96. The van der Waals surface area contributed by atoms with Gasteiger partial charge in [-0.05, 0) is 80.9 Å². The number of aromatic nitrogens is 2. The quantitative estimate of drug-likeness (QED) is 0.231. The topological polar surface area (TPSA) is 64.5 Å². The maximum Gasteiger partial charge on any atom is 0.158 e. The number of halogens is 4. The molecule has 2 saturated heterocycles. The van der Waals surface area contributed by atoms with Gasteiger partial charge in [0.15, 0.2) is 5.82 Å². The molecule has 2 fully saturated rings. The molecule has 3 heterocycles. The number of rotatable bonds is 7. The monoisotopic (exact) mass is 605 g/mol. The van der Waals surface area contributed by atoms with Crippen molar-refractivity contribution in [3.05, 3.63) is 59.1 Å². The van der Waals surface area contributed by atoms with Gasteiger partial charge in [-0.25, -0.2) is 14.4 Å². The SMILES string of the molecule is CN(C)CCCCc1nc(N2C[C@H]3CC[C@@H](C2)N3)c2cc(Cl)c(-c3cc(O)cc4ccccc34)c(F)c2n1.Cl.Cl. The Kier molecular flexibility index (Phi) is 9.63. The number of anilines is 1. The Morgan fingerprint density at radius 3 is 2.48 bits per heavy atom. The van der Waals surface area contributed by atoms with Gasteiger partial charge in [0.05, 0.1) is 5.02 Å². The second-order valence-electron chi connectivity index (χ2n) is 10.9. The number of hydrogen-bond donors (Lipinski definition) is 2. The molecule has 0 amide bonds. The standard InChI is InChI=1S/C30H33ClFN5O.2ClH/c1-36(2)12-6-5-9-26-34-29-24(30(35-26)37-16-19-10-11-20(17-37)33-19)15-25(31)27(28(29)32)23-14-21(38)13-18-7-3-4-8-22(18)23;;/h3-4,7-8,13-15,19-20,33,38H,5-6,9-12,16-17H2,1-2H3;2*1H/t19-,20+;;. The van der Waals surface area contributed by atoms with Gasteiger partial charge in [-0.3, -0.25) is 0 Å². The van der Waals surface area contributed by atoms with Crippen LogP contribution in [0.1, 0.15) is 31.5 Å². The number of phenols is 1. The highest BCUT2D eigenvalue weighted by Gasteiger charge is 2.34. The summed E-state index contributed by atoms with van der Waals surface area (Å²) in [6.07, 6.45) is 4.92. The first-order valence-electron chi connectivity index (χ1n) is 13.4. The first-order valence-corrected chi connectivity index (χ1v) is 13.8. The summed E-state index contributed by atoms with van der Waals surface area (Å²) in [5.74, 6) is 1.02. The predicted molar refractivity (Wildman–Crippen MR) is 167 cm³/mol. The number of fused-ring (bicyclic) bond motifs is 4. The summed E-state index contributed by atoms with van der Waals surface area (Å²) in [6, 6.07) is 13.5. The summed E-state index contributed by atoms with van der Waals surface area (Å²) < 4.78 is 16.6. The summed E-state index contributed by atoms with van der Waals surface area (Å²) in [4.78, 5) is 14.2. The zero-order valence-corrected chi connectivity index (χ0v) is 25.1. The third-order valence-corrected chi connectivity index (χ3v) is 8.09. The number of phenolic OH excluding ortho intramolecular Hbond substituents is 1. The van der Waals surface area contributed by atoms with Crippen molar-refractivity contribution in [1.29, 1.82) is 0 Å². The lowest BCUT2D eigenvalue weighted by Gasteiger charge is -2.34. The Morgan fingerprint density at radius 1 is 1.02 bits per heavy atom. The van der Waals surface area contributed by atoms with Crippen molar-refractivity contribution in [3.63, 3.8) is 0 Å². The van der Waals surface area contributed by atoms with Crippen LogP contribution in [0.3, 0.4) is 0 Å². The Morgan fingerprint density at radius 2 is 1.75 bits per heavy atom. The molecule has 0 radical (unpaired) electrons. The van der Waals surface area contributed by atoms with Crippen LogP contribution in [0.4, 0.5) is 10.2 Å². The van der Waals surface area contributed by atoms with Gasteiger partial charge in [0.25, 0.3) is 0 Å². The van der Waals surface area contributed by atoms with Gasteiger partial charge in [-0.2, -0.15) is 0 Å². The lowest BCUT2D eigenvalue weighted by molar-refractivity contribution is 0.393. The van der Waals surface area contributed by atoms with E-state index in [4.69, 9.17) is 21.6 Å². The number of unbranched alkanes of at least 4 members (excludes halogenated alkanes) is 1. The van der Waals surface area contributed by atoms with Crippen molar-refractivity contribution in [2.45, 2.75) is 44.2 Å². The van der Waals surface area contributed by atoms with Gasteiger partial charge in [0.1, 0.15) is 22.9 Å². The second kappa shape index (κ2) is 12.6. The maximum absolute atomic E-state index is 16.6. The number of nitrogens with one attached hydrogen (secondary N) is 1. The zero-order valence-electron chi connectivity index (χ0n) is 22.7. The molecule has 214 valence electrons. The average molecular weight is 607 g/mol. The van der Waals surface area contributed by atoms with E-state index in [0.29, 0.717) is 35.3 Å². The molecule has 2 aliphatic rings. The van der Waals surface area contributed by atoms with Crippen LogP contribution in [-0.4, -0.2) is 65.8 Å². The first kappa shape index (κ1) is 30.5. The molecule has 0 spiro atoms. The van der Waals surface area contributed by atoms with Crippen molar-refractivity contribution >= 4 is 63.9 Å². The third-order valence-electron chi connectivity index (χ3n) is 7.80. The van der Waals surface area contributed by atoms with Gasteiger partial charge in [0, 0.05) is 42.5 Å². The van der Waals surface area contributed by atoms with E-state index in [1.54, 1.807) is 12.1 Å². The summed E-state index contributed by atoms with van der Waals surface area (Å²) >= 11 is 6.84. The fourth-order valence-electron chi connectivity index (χ4n) is 6.01. The number of nitrogens with zero attached hydrogens (tertiary/aromatic N) is 4. The number of aromatic hydroxyl groups is 1. The molecular formula is C30H35Cl3FN5O. The van der Waals surface area contributed by atoms with Crippen molar-refractivity contribution in [3.8, 4) is 16.9 Å². The first-order chi connectivity index (χ1) is 18.4. The van der Waals surface area contributed by atoms with Crippen LogP contribution >= 0.6 is 36.4 Å². The van der Waals surface area contributed by atoms with E-state index < -0.39 is 5.82 Å². The molecule has 6 nitrogen and oxygen atoms in total. The summed E-state index contributed by atoms with van der Waals surface area (Å²) in [5.41, 5.74) is 1.10. The molecule has 3 aromatic carbocycles. The Labute approximate surface area is 251 Å². The molecule has 1 aromatic heterocycles. The molecule has 2 atom stereocenters. The van der Waals surface area contributed by atoms with Crippen molar-refractivity contribution < 1.29 is 9.50 Å². The second-order valence-corrected chi connectivity index (χ2v) is 11.3. The van der Waals surface area contributed by atoms with Crippen molar-refractivity contribution in [1.82, 2.24) is 20.2 Å². The number of aryl methyl sites for hydroxylation is 1. The molecule has 4 aromatic rings. The molecular weight excluding hydrogens is 572 g/mol. The highest BCUT2D eigenvalue weighted by atomic mass is 35.5. The molecule has 0 unspecified atom stereocenters. The predicted octanol–water partition coefficient (Wildman–Crippen LogP) is 6.62. The summed E-state index contributed by atoms with van der Waals surface area (Å²) in [6.45, 7) is 2.65. The third kappa shape index (κ3) is 5.95. The molecule has 2 N–H and O–H groups in total. The molecule has 10 heteroatoms. The number of piperazine rings is 1. The van der Waals surface area contributed by atoms with Crippen molar-refractivity contribution in [2.24, 2.45) is 0 Å². The van der Waals surface area contributed by atoms with Gasteiger partial charge in [-0.1, -0.05) is 35.9 Å². The normalized spacial score (nSPS) is 18.3. The minimum atomic E-state index is -0.473. The highest BCUT2D eigenvalue weighted by molar-refractivity contribution is 6.35. The van der Waals surface area contributed by atoms with E-state index in [9.17, 15) is 5.11 Å². The lowest BCUT2D eigenvalue weighted by Crippen LogP contribution is -2.51. The minimum Gasteiger partial charge on any atom is -0.508 e. The van der Waals surface area contributed by atoms with Gasteiger partial charge in [0.2, 0.25) is 0 Å². The summed E-state index contributed by atoms with van der Waals surface area (Å²) in [7, 11) is 4.13. The van der Waals surface area contributed by atoms with Gasteiger partial charge < -0.3 is 20.2 Å². The molecule has 0 aliphatic carbocycles. The largest absolute Gasteiger partial charge is 0.508 e. The Balaban J connectivity index is 0.00000185. The van der Waals surface area contributed by atoms with E-state index in [1.165, 1.54) is 0 Å². The molecule has 0 saturated carbocycles. The van der Waals surface area contributed by atoms with Crippen LogP contribution in [0.25, 0.3) is 32.8 Å². The Bertz CT molecular complexity index is 1510. The number of benzene rings is 3. The van der Waals surface area contributed by atoms with E-state index in [2.05, 4.69) is 29.2 Å². The van der Waals surface area contributed by atoms with Crippen LogP contribution in [-0.2, 0) is 6.42 Å². The average Bonchev–Trinajstić information content (AvgIpc) is 3.23. The fourth-order valence-corrected chi connectivity index (χ4v) is 6.30. The molecule has 40 heavy (non-hydrogen) atoms. The van der Waals surface area contributed by atoms with Gasteiger partial charge >= 0.3 is 0 Å². The van der Waals surface area contributed by atoms with Crippen LogP contribution in [0.2, 0.25) is 5.02 Å². The molecule has 6 rings (SSSR count). The zero-order chi connectivity index (χ0) is 26.4. The maximum atomic E-state index is 16.6. The minimum absolute atomic E-state index is 0. The fraction of sp³-hybridized carbons (Fsp3) is 0.400. The van der Waals surface area contributed by atoms with E-state index in [0.717, 1.165) is 61.9 Å². The van der Waals surface area contributed by atoms with Crippen molar-refractivity contribution in [2.75, 3.05) is 38.6 Å². The van der Waals surface area contributed by atoms with E-state index in [-0.39, 0.29) is 46.7 Å². The Hall–Kier alpha value is -2.42. The smallest absolute Gasteiger partial charge is 0.158 e. The summed E-state index contributed by atoms with van der Waals surface area (Å²) in [5, 5.41) is 16.7. The van der Waals surface area contributed by atoms with Gasteiger partial charge in [-0.15, -0.1) is 24.8 Å². The number of hydrogen-bond acceptors (Lipinski definition) is 6. The van der Waals surface area contributed by atoms with E-state index >= 15 is 4.39 Å². The molecule has 2 aliphatic heterocycles. The van der Waals surface area contributed by atoms with E-state index in [1.807, 2.05) is 30.3 Å². The van der Waals surface area contributed by atoms with Crippen LogP contribution < -0.4 is 10.2 Å². The highest BCUT2D eigenvalue weighted by Crippen LogP contribution is 2.42. The van der Waals surface area contributed by atoms with Crippen LogP contribution in [0.15, 0.2) is 42.5 Å². The van der Waals surface area contributed by atoms with Crippen LogP contribution in [0, 0.1) is 5.82 Å².